The van der Waals surface area contributed by atoms with Crippen molar-refractivity contribution in [3.63, 3.8) is 0 Å². The Morgan fingerprint density at radius 3 is 2.15 bits per heavy atom. The van der Waals surface area contributed by atoms with Crippen molar-refractivity contribution in [1.82, 2.24) is 4.90 Å². The Labute approximate surface area is 206 Å². The summed E-state index contributed by atoms with van der Waals surface area (Å²) in [5.41, 5.74) is 1.38. The van der Waals surface area contributed by atoms with Crippen LogP contribution in [0.5, 0.6) is 5.75 Å². The number of nitrogens with zero attached hydrogens (tertiary/aromatic N) is 1. The number of fused-ring (bicyclic) bond motifs is 1. The predicted octanol–water partition coefficient (Wildman–Crippen LogP) is 5.05. The summed E-state index contributed by atoms with van der Waals surface area (Å²) in [6, 6.07) is 15.3. The van der Waals surface area contributed by atoms with Gasteiger partial charge < -0.3 is 19.7 Å². The van der Waals surface area contributed by atoms with Gasteiger partial charge in [-0.25, -0.2) is 4.79 Å². The lowest BCUT2D eigenvalue weighted by molar-refractivity contribution is -0.147. The van der Waals surface area contributed by atoms with Gasteiger partial charge in [-0.1, -0.05) is 47.5 Å². The fraction of sp³-hybridized carbons (Fsp3) is 0.160. The number of rotatable bonds is 5. The molecule has 1 N–H and O–H groups in total. The third kappa shape index (κ3) is 4.44. The highest BCUT2D eigenvalue weighted by Gasteiger charge is 2.44. The zero-order valence-corrected chi connectivity index (χ0v) is 19.8. The van der Waals surface area contributed by atoms with Crippen LogP contribution in [-0.2, 0) is 14.3 Å². The van der Waals surface area contributed by atoms with Crippen molar-refractivity contribution in [2.24, 2.45) is 0 Å². The quantitative estimate of drug-likeness (QED) is 0.497. The number of halogens is 2. The van der Waals surface area contributed by atoms with Gasteiger partial charge in [-0.05, 0) is 47.5 Å². The third-order valence-electron chi connectivity index (χ3n) is 5.55. The second-order valence-corrected chi connectivity index (χ2v) is 8.42. The molecule has 2 atom stereocenters. The predicted molar refractivity (Wildman–Crippen MR) is 128 cm³/mol. The summed E-state index contributed by atoms with van der Waals surface area (Å²) in [7, 11) is 2.71. The van der Waals surface area contributed by atoms with Crippen molar-refractivity contribution < 1.29 is 23.9 Å². The second-order valence-electron chi connectivity index (χ2n) is 7.54. The van der Waals surface area contributed by atoms with Gasteiger partial charge in [0.1, 0.15) is 11.8 Å². The van der Waals surface area contributed by atoms with E-state index in [0.717, 1.165) is 0 Å². The number of carbonyl (C=O) groups excluding carboxylic acids is 3. The van der Waals surface area contributed by atoms with Gasteiger partial charge in [0.15, 0.2) is 6.04 Å². The Morgan fingerprint density at radius 1 is 0.941 bits per heavy atom. The average molecular weight is 499 g/mol. The summed E-state index contributed by atoms with van der Waals surface area (Å²) in [5, 5.41) is 3.73. The Balaban J connectivity index is 1.95. The van der Waals surface area contributed by atoms with Gasteiger partial charge in [-0.15, -0.1) is 0 Å². The smallest absolute Gasteiger partial charge is 0.333 e. The Bertz CT molecular complexity index is 1250. The molecule has 174 valence electrons. The van der Waals surface area contributed by atoms with E-state index >= 15 is 0 Å². The van der Waals surface area contributed by atoms with E-state index in [4.69, 9.17) is 32.7 Å². The van der Waals surface area contributed by atoms with Gasteiger partial charge in [0.05, 0.1) is 25.5 Å². The summed E-state index contributed by atoms with van der Waals surface area (Å²) < 4.78 is 10.3. The molecular formula is C25H20Cl2N2O5. The van der Waals surface area contributed by atoms with Crippen LogP contribution >= 0.6 is 23.2 Å². The highest BCUT2D eigenvalue weighted by molar-refractivity contribution is 6.30. The molecule has 34 heavy (non-hydrogen) atoms. The number of ether oxygens (including phenoxy) is 2. The van der Waals surface area contributed by atoms with Crippen LogP contribution in [0, 0.1) is 0 Å². The van der Waals surface area contributed by atoms with Gasteiger partial charge in [0.25, 0.3) is 11.8 Å². The molecule has 2 amide bonds. The van der Waals surface area contributed by atoms with Gasteiger partial charge in [0.2, 0.25) is 0 Å². The van der Waals surface area contributed by atoms with E-state index < -0.39 is 29.9 Å². The minimum Gasteiger partial charge on any atom is -0.497 e. The number of nitrogens with one attached hydrogen (secondary N) is 1. The van der Waals surface area contributed by atoms with Crippen molar-refractivity contribution in [3.8, 4) is 5.75 Å². The number of carbonyl (C=O) groups is 3. The number of methoxy groups -OCH3 is 2. The van der Waals surface area contributed by atoms with Crippen molar-refractivity contribution in [2.45, 2.75) is 12.1 Å². The molecule has 0 bridgehead atoms. The molecule has 0 saturated heterocycles. The Hall–Kier alpha value is -3.55. The van der Waals surface area contributed by atoms with E-state index in [1.54, 1.807) is 66.7 Å². The highest BCUT2D eigenvalue weighted by atomic mass is 35.5. The number of amides is 2. The lowest BCUT2D eigenvalue weighted by Crippen LogP contribution is -2.44. The first kappa shape index (κ1) is 23.6. The lowest BCUT2D eigenvalue weighted by atomic mass is 9.97. The molecule has 0 saturated carbocycles. The molecule has 3 aromatic carbocycles. The minimum absolute atomic E-state index is 0.202. The van der Waals surface area contributed by atoms with Crippen LogP contribution in [0.2, 0.25) is 10.0 Å². The highest BCUT2D eigenvalue weighted by Crippen LogP contribution is 2.39. The van der Waals surface area contributed by atoms with Gasteiger partial charge in [-0.2, -0.15) is 0 Å². The summed E-state index contributed by atoms with van der Waals surface area (Å²) in [5.74, 6) is -1.29. The zero-order chi connectivity index (χ0) is 24.4. The van der Waals surface area contributed by atoms with Crippen LogP contribution in [0.1, 0.15) is 33.6 Å². The van der Waals surface area contributed by atoms with Crippen LogP contribution in [0.4, 0.5) is 5.69 Å². The molecule has 1 aliphatic heterocycles. The van der Waals surface area contributed by atoms with Crippen LogP contribution in [0.15, 0.2) is 66.7 Å². The molecule has 2 unspecified atom stereocenters. The molecule has 0 fully saturated rings. The van der Waals surface area contributed by atoms with E-state index in [9.17, 15) is 14.4 Å². The van der Waals surface area contributed by atoms with Crippen molar-refractivity contribution in [2.75, 3.05) is 19.5 Å². The SMILES string of the molecule is COC(=O)C(c1ccc(Cl)cc1)N1C(=O)c2ccc(OC)cc2NC(=O)C1c1ccc(Cl)cc1. The number of anilines is 1. The summed E-state index contributed by atoms with van der Waals surface area (Å²) in [6.45, 7) is 0. The van der Waals surface area contributed by atoms with E-state index in [-0.39, 0.29) is 11.3 Å². The molecule has 3 aromatic rings. The summed E-state index contributed by atoms with van der Waals surface area (Å²) >= 11 is 12.1. The standard InChI is InChI=1S/C25H20Cl2N2O5/c1-33-18-11-12-19-20(13-18)28-23(30)21(14-3-7-16(26)8-4-14)29(24(19)31)22(25(32)34-2)15-5-9-17(27)10-6-15/h3-13,21-22H,1-2H3,(H,28,30). The molecule has 1 aliphatic rings. The van der Waals surface area contributed by atoms with Crippen molar-refractivity contribution in [3.05, 3.63) is 93.5 Å². The monoisotopic (exact) mass is 498 g/mol. The first-order chi connectivity index (χ1) is 16.3. The van der Waals surface area contributed by atoms with Gasteiger partial charge in [-0.3, -0.25) is 9.59 Å². The fourth-order valence-electron chi connectivity index (χ4n) is 3.91. The lowest BCUT2D eigenvalue weighted by Gasteiger charge is -2.35. The second kappa shape index (κ2) is 9.75. The average Bonchev–Trinajstić information content (AvgIpc) is 2.94. The van der Waals surface area contributed by atoms with Crippen LogP contribution in [-0.4, -0.2) is 36.9 Å². The maximum atomic E-state index is 14.0. The van der Waals surface area contributed by atoms with Crippen molar-refractivity contribution in [1.29, 1.82) is 0 Å². The van der Waals surface area contributed by atoms with E-state index in [1.165, 1.54) is 19.1 Å². The number of esters is 1. The number of hydrogen-bond donors (Lipinski definition) is 1. The third-order valence-corrected chi connectivity index (χ3v) is 6.05. The number of hydrogen-bond acceptors (Lipinski definition) is 5. The molecule has 0 aromatic heterocycles. The minimum atomic E-state index is -1.23. The first-order valence-corrected chi connectivity index (χ1v) is 11.0. The summed E-state index contributed by atoms with van der Waals surface area (Å²) in [6.07, 6.45) is 0. The molecule has 7 nitrogen and oxygen atoms in total. The molecule has 4 rings (SSSR count). The topological polar surface area (TPSA) is 84.9 Å². The normalized spacial score (nSPS) is 16.2. The molecule has 0 spiro atoms. The van der Waals surface area contributed by atoms with E-state index in [0.29, 0.717) is 26.9 Å². The first-order valence-electron chi connectivity index (χ1n) is 10.2. The van der Waals surface area contributed by atoms with Gasteiger partial charge in [0, 0.05) is 16.1 Å². The molecule has 9 heteroatoms. The maximum absolute atomic E-state index is 14.0. The zero-order valence-electron chi connectivity index (χ0n) is 18.2. The molecule has 0 aliphatic carbocycles. The Kier molecular flexibility index (Phi) is 6.77. The van der Waals surface area contributed by atoms with Crippen LogP contribution in [0.25, 0.3) is 0 Å². The molecular weight excluding hydrogens is 479 g/mol. The molecule has 0 radical (unpaired) electrons. The Morgan fingerprint density at radius 2 is 1.56 bits per heavy atom. The van der Waals surface area contributed by atoms with E-state index in [2.05, 4.69) is 5.32 Å². The largest absolute Gasteiger partial charge is 0.497 e. The molecule has 1 heterocycles. The number of benzene rings is 3. The summed E-state index contributed by atoms with van der Waals surface area (Å²) in [4.78, 5) is 41.8. The fourth-order valence-corrected chi connectivity index (χ4v) is 4.17. The maximum Gasteiger partial charge on any atom is 0.333 e. The van der Waals surface area contributed by atoms with E-state index in [1.807, 2.05) is 0 Å². The van der Waals surface area contributed by atoms with Gasteiger partial charge >= 0.3 is 5.97 Å². The van der Waals surface area contributed by atoms with Crippen molar-refractivity contribution >= 4 is 46.7 Å². The van der Waals surface area contributed by atoms with Crippen LogP contribution in [0.3, 0.4) is 0 Å². The van der Waals surface area contributed by atoms with Crippen LogP contribution < -0.4 is 10.1 Å².